The maximum Gasteiger partial charge on any atom is 0.278 e. The van der Waals surface area contributed by atoms with Crippen LogP contribution in [0.4, 0.5) is 5.69 Å². The molecule has 0 bridgehead atoms. The summed E-state index contributed by atoms with van der Waals surface area (Å²) in [5.74, 6) is 0. The molecule has 3 N–H and O–H groups in total. The number of hydrogen-bond donors (Lipinski definition) is 2. The van der Waals surface area contributed by atoms with E-state index in [2.05, 4.69) is 0 Å². The standard InChI is InChI=1S/C9H12N2O3/c1-6-3-2-4-7(8(12)5-10)9(6)11(13)14/h2-4,8,12H,5,10H2,1H3/t8-/m0/s1. The summed E-state index contributed by atoms with van der Waals surface area (Å²) < 4.78 is 0. The second-order valence-corrected chi connectivity index (χ2v) is 3.02. The van der Waals surface area contributed by atoms with Crippen LogP contribution in [-0.4, -0.2) is 16.6 Å². The van der Waals surface area contributed by atoms with Crippen LogP contribution in [0.2, 0.25) is 0 Å². The van der Waals surface area contributed by atoms with Crippen molar-refractivity contribution in [2.75, 3.05) is 6.54 Å². The third kappa shape index (κ3) is 1.89. The Morgan fingerprint density at radius 3 is 2.79 bits per heavy atom. The molecule has 1 rings (SSSR count). The van der Waals surface area contributed by atoms with Gasteiger partial charge in [-0.1, -0.05) is 12.1 Å². The first-order valence-electron chi connectivity index (χ1n) is 4.20. The highest BCUT2D eigenvalue weighted by molar-refractivity contribution is 5.48. The Kier molecular flexibility index (Phi) is 3.16. The van der Waals surface area contributed by atoms with Crippen molar-refractivity contribution in [1.82, 2.24) is 0 Å². The van der Waals surface area contributed by atoms with Crippen LogP contribution >= 0.6 is 0 Å². The molecule has 0 fully saturated rings. The molecular formula is C9H12N2O3. The molecule has 0 aliphatic carbocycles. The Labute approximate surface area is 81.3 Å². The second-order valence-electron chi connectivity index (χ2n) is 3.02. The van der Waals surface area contributed by atoms with E-state index in [9.17, 15) is 15.2 Å². The number of aliphatic hydroxyl groups is 1. The first-order chi connectivity index (χ1) is 6.57. The zero-order valence-corrected chi connectivity index (χ0v) is 7.80. The molecule has 1 aromatic rings. The van der Waals surface area contributed by atoms with Gasteiger partial charge in [0.05, 0.1) is 16.6 Å². The van der Waals surface area contributed by atoms with Gasteiger partial charge in [-0.15, -0.1) is 0 Å². The minimum atomic E-state index is -0.977. The minimum absolute atomic E-state index is 0.0235. The van der Waals surface area contributed by atoms with Gasteiger partial charge in [-0.2, -0.15) is 0 Å². The van der Waals surface area contributed by atoms with Crippen LogP contribution in [0.25, 0.3) is 0 Å². The molecule has 0 aliphatic heterocycles. The lowest BCUT2D eigenvalue weighted by Gasteiger charge is -2.09. The van der Waals surface area contributed by atoms with Crippen molar-refractivity contribution in [2.24, 2.45) is 5.73 Å². The Hall–Kier alpha value is -1.46. The summed E-state index contributed by atoms with van der Waals surface area (Å²) in [5.41, 5.74) is 6.00. The Balaban J connectivity index is 3.28. The average Bonchev–Trinajstić information content (AvgIpc) is 2.15. The number of rotatable bonds is 3. The van der Waals surface area contributed by atoms with Crippen molar-refractivity contribution in [3.05, 3.63) is 39.4 Å². The minimum Gasteiger partial charge on any atom is -0.387 e. The fraction of sp³-hybridized carbons (Fsp3) is 0.333. The molecule has 1 atom stereocenters. The number of nitrogens with two attached hydrogens (primary N) is 1. The first kappa shape index (κ1) is 10.6. The van der Waals surface area contributed by atoms with E-state index < -0.39 is 11.0 Å². The molecule has 5 heteroatoms. The highest BCUT2D eigenvalue weighted by atomic mass is 16.6. The molecule has 0 heterocycles. The van der Waals surface area contributed by atoms with Gasteiger partial charge in [0.15, 0.2) is 0 Å². The Morgan fingerprint density at radius 2 is 2.29 bits per heavy atom. The molecule has 0 unspecified atom stereocenters. The number of nitrogens with zero attached hydrogens (tertiary/aromatic N) is 1. The topological polar surface area (TPSA) is 89.4 Å². The lowest BCUT2D eigenvalue weighted by Crippen LogP contribution is -2.13. The van der Waals surface area contributed by atoms with E-state index in [0.29, 0.717) is 5.56 Å². The number of para-hydroxylation sites is 1. The van der Waals surface area contributed by atoms with Gasteiger partial charge in [0.1, 0.15) is 0 Å². The van der Waals surface area contributed by atoms with Gasteiger partial charge in [0, 0.05) is 12.1 Å². The van der Waals surface area contributed by atoms with E-state index >= 15 is 0 Å². The molecule has 14 heavy (non-hydrogen) atoms. The number of nitro benzene ring substituents is 1. The number of benzene rings is 1. The van der Waals surface area contributed by atoms with Crippen molar-refractivity contribution in [3.63, 3.8) is 0 Å². The molecule has 76 valence electrons. The largest absolute Gasteiger partial charge is 0.387 e. The van der Waals surface area contributed by atoms with Crippen molar-refractivity contribution in [3.8, 4) is 0 Å². The molecule has 0 aromatic heterocycles. The molecule has 0 spiro atoms. The van der Waals surface area contributed by atoms with Gasteiger partial charge in [-0.25, -0.2) is 0 Å². The maximum absolute atomic E-state index is 10.7. The summed E-state index contributed by atoms with van der Waals surface area (Å²) in [4.78, 5) is 10.2. The van der Waals surface area contributed by atoms with Crippen molar-refractivity contribution in [1.29, 1.82) is 0 Å². The van der Waals surface area contributed by atoms with Crippen LogP contribution in [0.3, 0.4) is 0 Å². The van der Waals surface area contributed by atoms with E-state index in [1.807, 2.05) is 0 Å². The predicted octanol–water partition coefficient (Wildman–Crippen LogP) is 0.895. The smallest absolute Gasteiger partial charge is 0.278 e. The quantitative estimate of drug-likeness (QED) is 0.555. The van der Waals surface area contributed by atoms with Gasteiger partial charge in [0.2, 0.25) is 0 Å². The van der Waals surface area contributed by atoms with Crippen molar-refractivity contribution in [2.45, 2.75) is 13.0 Å². The number of aryl methyl sites for hydroxylation is 1. The fourth-order valence-corrected chi connectivity index (χ4v) is 1.33. The van der Waals surface area contributed by atoms with E-state index in [0.717, 1.165) is 0 Å². The monoisotopic (exact) mass is 196 g/mol. The Morgan fingerprint density at radius 1 is 1.64 bits per heavy atom. The molecule has 0 amide bonds. The number of hydrogen-bond acceptors (Lipinski definition) is 4. The third-order valence-corrected chi connectivity index (χ3v) is 2.03. The van der Waals surface area contributed by atoms with Gasteiger partial charge in [-0.3, -0.25) is 10.1 Å². The zero-order valence-electron chi connectivity index (χ0n) is 7.80. The molecule has 0 saturated heterocycles. The van der Waals surface area contributed by atoms with E-state index in [4.69, 9.17) is 5.73 Å². The molecule has 0 aliphatic rings. The molecule has 1 aromatic carbocycles. The lowest BCUT2D eigenvalue weighted by molar-refractivity contribution is -0.386. The lowest BCUT2D eigenvalue weighted by atomic mass is 10.0. The highest BCUT2D eigenvalue weighted by Gasteiger charge is 2.21. The maximum atomic E-state index is 10.7. The van der Waals surface area contributed by atoms with Crippen LogP contribution in [0.15, 0.2) is 18.2 Å². The number of nitro groups is 1. The molecule has 5 nitrogen and oxygen atoms in total. The van der Waals surface area contributed by atoms with Crippen molar-refractivity contribution < 1.29 is 10.0 Å². The van der Waals surface area contributed by atoms with Gasteiger partial charge < -0.3 is 10.8 Å². The van der Waals surface area contributed by atoms with Gasteiger partial charge in [0.25, 0.3) is 5.69 Å². The predicted molar refractivity (Wildman–Crippen MR) is 51.8 cm³/mol. The normalized spacial score (nSPS) is 12.5. The van der Waals surface area contributed by atoms with Crippen molar-refractivity contribution >= 4 is 5.69 Å². The van der Waals surface area contributed by atoms with Crippen LogP contribution in [0.5, 0.6) is 0 Å². The summed E-state index contributed by atoms with van der Waals surface area (Å²) in [6.07, 6.45) is -0.977. The van der Waals surface area contributed by atoms with Crippen LogP contribution in [0, 0.1) is 17.0 Å². The Bertz CT molecular complexity index is 352. The zero-order chi connectivity index (χ0) is 10.7. The summed E-state index contributed by atoms with van der Waals surface area (Å²) >= 11 is 0. The second kappa shape index (κ2) is 4.17. The van der Waals surface area contributed by atoms with Gasteiger partial charge in [-0.05, 0) is 13.0 Å². The summed E-state index contributed by atoms with van der Waals surface area (Å²) in [5, 5.41) is 20.2. The third-order valence-electron chi connectivity index (χ3n) is 2.03. The van der Waals surface area contributed by atoms with E-state index in [-0.39, 0.29) is 17.8 Å². The fourth-order valence-electron chi connectivity index (χ4n) is 1.33. The van der Waals surface area contributed by atoms with Crippen LogP contribution < -0.4 is 5.73 Å². The molecule has 0 radical (unpaired) electrons. The molecular weight excluding hydrogens is 184 g/mol. The summed E-state index contributed by atoms with van der Waals surface area (Å²) in [6, 6.07) is 4.81. The van der Waals surface area contributed by atoms with Gasteiger partial charge >= 0.3 is 0 Å². The number of aliphatic hydroxyl groups excluding tert-OH is 1. The first-order valence-corrected chi connectivity index (χ1v) is 4.20. The van der Waals surface area contributed by atoms with Crippen LogP contribution in [0.1, 0.15) is 17.2 Å². The molecule has 0 saturated carbocycles. The highest BCUT2D eigenvalue weighted by Crippen LogP contribution is 2.27. The van der Waals surface area contributed by atoms with E-state index in [1.165, 1.54) is 6.07 Å². The average molecular weight is 196 g/mol. The SMILES string of the molecule is Cc1cccc([C@@H](O)CN)c1[N+](=O)[O-]. The summed E-state index contributed by atoms with van der Waals surface area (Å²) in [7, 11) is 0. The summed E-state index contributed by atoms with van der Waals surface area (Å²) in [6.45, 7) is 1.61. The van der Waals surface area contributed by atoms with Crippen LogP contribution in [-0.2, 0) is 0 Å². The van der Waals surface area contributed by atoms with E-state index in [1.54, 1.807) is 19.1 Å².